The zero-order chi connectivity index (χ0) is 53.8. The van der Waals surface area contributed by atoms with E-state index in [1.165, 1.54) is 21.5 Å². The van der Waals surface area contributed by atoms with Crippen molar-refractivity contribution in [2.75, 3.05) is 4.90 Å². The average Bonchev–Trinajstić information content (AvgIpc) is 2.97. The van der Waals surface area contributed by atoms with Crippen molar-refractivity contribution in [1.29, 1.82) is 0 Å². The Kier molecular flexibility index (Phi) is 10.3. The monoisotopic (exact) mass is 1050 g/mol. The van der Waals surface area contributed by atoms with Gasteiger partial charge in [0.2, 0.25) is 0 Å². The molecule has 3 aromatic heterocycles. The standard InChI is InChI=1S/C78H47NO3/c1-4-19-48(20-5-1)66-45-53-25-10-13-28-58(53)70-63-33-16-31-61(73(63)80-76(66)70)51-37-41-56(42-38-51)79(69-36-18-35-65-72-60-30-15-12-27-55(60)47-68(78(72)82-75(65)69)50-23-8-3-9-24-50)57-43-39-52(40-44-57)62-32-17-34-64-71-59-29-14-11-26-54(59)46-67(77(71)81-74(62)64)49-21-6-2-7-22-49/h1-47H. The van der Waals surface area contributed by atoms with Gasteiger partial charge in [-0.2, -0.15) is 0 Å². The molecule has 17 aromatic rings. The van der Waals surface area contributed by atoms with Gasteiger partial charge in [-0.1, -0.05) is 237 Å². The van der Waals surface area contributed by atoms with Gasteiger partial charge in [0.15, 0.2) is 5.58 Å². The second kappa shape index (κ2) is 18.3. The van der Waals surface area contributed by atoms with Crippen LogP contribution in [0.15, 0.2) is 298 Å². The highest BCUT2D eigenvalue weighted by Gasteiger charge is 2.25. The molecule has 0 aliphatic carbocycles. The van der Waals surface area contributed by atoms with E-state index >= 15 is 0 Å². The maximum absolute atomic E-state index is 7.32. The number of fused-ring (bicyclic) bond motifs is 15. The Balaban J connectivity index is 0.848. The Bertz CT molecular complexity index is 5120. The lowest BCUT2D eigenvalue weighted by atomic mass is 9.95. The molecule has 0 N–H and O–H groups in total. The Labute approximate surface area is 471 Å². The molecule has 382 valence electrons. The van der Waals surface area contributed by atoms with Gasteiger partial charge in [-0.3, -0.25) is 0 Å². The van der Waals surface area contributed by atoms with Crippen LogP contribution in [-0.4, -0.2) is 0 Å². The molecule has 3 heterocycles. The molecule has 82 heavy (non-hydrogen) atoms. The van der Waals surface area contributed by atoms with Crippen LogP contribution in [0.25, 0.3) is 154 Å². The fourth-order valence-corrected chi connectivity index (χ4v) is 13.1. The number of anilines is 3. The van der Waals surface area contributed by atoms with Gasteiger partial charge < -0.3 is 18.2 Å². The Morgan fingerprint density at radius 1 is 0.207 bits per heavy atom. The highest BCUT2D eigenvalue weighted by atomic mass is 16.3. The summed E-state index contributed by atoms with van der Waals surface area (Å²) in [7, 11) is 0. The number of benzene rings is 14. The van der Waals surface area contributed by atoms with Crippen molar-refractivity contribution in [3.63, 3.8) is 0 Å². The van der Waals surface area contributed by atoms with Crippen LogP contribution in [0, 0.1) is 0 Å². The molecule has 0 saturated heterocycles. The zero-order valence-electron chi connectivity index (χ0n) is 44.3. The number of hydrogen-bond acceptors (Lipinski definition) is 4. The second-order valence-electron chi connectivity index (χ2n) is 21.4. The fraction of sp³-hybridized carbons (Fsp3) is 0. The second-order valence-corrected chi connectivity index (χ2v) is 21.4. The van der Waals surface area contributed by atoms with Crippen LogP contribution >= 0.6 is 0 Å². The van der Waals surface area contributed by atoms with E-state index in [4.69, 9.17) is 13.3 Å². The summed E-state index contributed by atoms with van der Waals surface area (Å²) < 4.78 is 21.5. The van der Waals surface area contributed by atoms with Gasteiger partial charge in [0.25, 0.3) is 0 Å². The number of nitrogens with zero attached hydrogens (tertiary/aromatic N) is 1. The molecule has 0 radical (unpaired) electrons. The number of para-hydroxylation sites is 3. The van der Waals surface area contributed by atoms with Crippen molar-refractivity contribution >= 4 is 115 Å². The molecule has 0 spiro atoms. The van der Waals surface area contributed by atoms with Crippen molar-refractivity contribution in [1.82, 2.24) is 0 Å². The van der Waals surface area contributed by atoms with Gasteiger partial charge >= 0.3 is 0 Å². The van der Waals surface area contributed by atoms with Crippen LogP contribution in [-0.2, 0) is 0 Å². The number of rotatable bonds is 8. The van der Waals surface area contributed by atoms with E-state index in [2.05, 4.69) is 290 Å². The molecule has 0 unspecified atom stereocenters. The zero-order valence-corrected chi connectivity index (χ0v) is 44.3. The lowest BCUT2D eigenvalue weighted by Gasteiger charge is -2.26. The van der Waals surface area contributed by atoms with E-state index in [0.717, 1.165) is 149 Å². The first-order valence-corrected chi connectivity index (χ1v) is 28.0. The molecule has 0 saturated carbocycles. The van der Waals surface area contributed by atoms with Crippen LogP contribution < -0.4 is 4.90 Å². The Morgan fingerprint density at radius 3 is 0.902 bits per heavy atom. The normalized spacial score (nSPS) is 11.9. The SMILES string of the molecule is c1ccc(-c2cc3ccccc3c3c2oc2c(-c4ccc(N(c5ccc(-c6cccc7c6oc6c(-c8ccccc8)cc8ccccc8c67)cc5)c5cccc6c5oc5c(-c7ccccc7)cc7ccccc7c56)cc4)cccc23)cc1. The molecule has 0 amide bonds. The first-order valence-electron chi connectivity index (χ1n) is 28.0. The topological polar surface area (TPSA) is 42.7 Å². The molecule has 0 fully saturated rings. The van der Waals surface area contributed by atoms with Crippen molar-refractivity contribution in [3.8, 4) is 55.6 Å². The lowest BCUT2D eigenvalue weighted by molar-refractivity contribution is 0.670. The molecule has 4 heteroatoms. The van der Waals surface area contributed by atoms with Gasteiger partial charge in [0.1, 0.15) is 27.9 Å². The van der Waals surface area contributed by atoms with Gasteiger partial charge in [-0.15, -0.1) is 0 Å². The smallest absolute Gasteiger partial charge is 0.159 e. The summed E-state index contributed by atoms with van der Waals surface area (Å²) in [5.74, 6) is 0. The summed E-state index contributed by atoms with van der Waals surface area (Å²) in [5, 5.41) is 13.6. The van der Waals surface area contributed by atoms with E-state index in [0.29, 0.717) is 0 Å². The molecule has 0 bridgehead atoms. The maximum atomic E-state index is 7.32. The van der Waals surface area contributed by atoms with E-state index in [9.17, 15) is 0 Å². The third kappa shape index (κ3) is 7.11. The van der Waals surface area contributed by atoms with Crippen LogP contribution in [0.3, 0.4) is 0 Å². The predicted molar refractivity (Wildman–Crippen MR) is 343 cm³/mol. The largest absolute Gasteiger partial charge is 0.455 e. The van der Waals surface area contributed by atoms with Gasteiger partial charge in [-0.25, -0.2) is 0 Å². The van der Waals surface area contributed by atoms with Crippen LogP contribution in [0.5, 0.6) is 0 Å². The summed E-state index contributed by atoms with van der Waals surface area (Å²) in [5.41, 5.74) is 18.8. The molecule has 0 aliphatic rings. The van der Waals surface area contributed by atoms with Crippen molar-refractivity contribution in [2.24, 2.45) is 0 Å². The first-order chi connectivity index (χ1) is 40.7. The van der Waals surface area contributed by atoms with Crippen molar-refractivity contribution in [3.05, 3.63) is 285 Å². The summed E-state index contributed by atoms with van der Waals surface area (Å²) in [4.78, 5) is 2.34. The minimum atomic E-state index is 0.807. The van der Waals surface area contributed by atoms with Gasteiger partial charge in [-0.05, 0) is 109 Å². The fourth-order valence-electron chi connectivity index (χ4n) is 13.1. The van der Waals surface area contributed by atoms with Gasteiger partial charge in [0.05, 0.1) is 5.69 Å². The summed E-state index contributed by atoms with van der Waals surface area (Å²) in [6, 6.07) is 102. The molecular formula is C78H47NO3. The average molecular weight is 1050 g/mol. The highest BCUT2D eigenvalue weighted by molar-refractivity contribution is 6.27. The Hall–Kier alpha value is -10.9. The first kappa shape index (κ1) is 46.0. The predicted octanol–water partition coefficient (Wildman–Crippen LogP) is 22.6. The summed E-state index contributed by atoms with van der Waals surface area (Å²) in [6.07, 6.45) is 0. The molecular weight excluding hydrogens is 999 g/mol. The van der Waals surface area contributed by atoms with Crippen LogP contribution in [0.2, 0.25) is 0 Å². The van der Waals surface area contributed by atoms with E-state index in [1.54, 1.807) is 0 Å². The van der Waals surface area contributed by atoms with Crippen molar-refractivity contribution in [2.45, 2.75) is 0 Å². The van der Waals surface area contributed by atoms with Crippen molar-refractivity contribution < 1.29 is 13.3 Å². The minimum Gasteiger partial charge on any atom is -0.455 e. The lowest BCUT2D eigenvalue weighted by Crippen LogP contribution is -2.10. The number of furan rings is 3. The van der Waals surface area contributed by atoms with Crippen LogP contribution in [0.4, 0.5) is 17.1 Å². The maximum Gasteiger partial charge on any atom is 0.159 e. The third-order valence-electron chi connectivity index (χ3n) is 16.8. The summed E-state index contributed by atoms with van der Waals surface area (Å²) >= 11 is 0. The van der Waals surface area contributed by atoms with E-state index < -0.39 is 0 Å². The van der Waals surface area contributed by atoms with E-state index in [1.807, 2.05) is 0 Å². The minimum absolute atomic E-state index is 0.807. The molecule has 14 aromatic carbocycles. The quantitative estimate of drug-likeness (QED) is 0.152. The Morgan fingerprint density at radius 2 is 0.512 bits per heavy atom. The summed E-state index contributed by atoms with van der Waals surface area (Å²) in [6.45, 7) is 0. The van der Waals surface area contributed by atoms with E-state index in [-0.39, 0.29) is 0 Å². The molecule has 17 rings (SSSR count). The molecule has 4 nitrogen and oxygen atoms in total. The third-order valence-corrected chi connectivity index (χ3v) is 16.8. The van der Waals surface area contributed by atoms with Gasteiger partial charge in [0, 0.05) is 71.5 Å². The highest BCUT2D eigenvalue weighted by Crippen LogP contribution is 2.50. The molecule has 0 atom stereocenters. The number of hydrogen-bond donors (Lipinski definition) is 0. The van der Waals surface area contributed by atoms with Crippen LogP contribution in [0.1, 0.15) is 0 Å². The molecule has 0 aliphatic heterocycles.